The van der Waals surface area contributed by atoms with Gasteiger partial charge in [-0.15, -0.1) is 23.5 Å². The van der Waals surface area contributed by atoms with E-state index in [1.807, 2.05) is 44.7 Å². The van der Waals surface area contributed by atoms with E-state index in [-0.39, 0.29) is 127 Å². The fraction of sp³-hybridized carbons (Fsp3) is 0.702. The third-order valence-electron chi connectivity index (χ3n) is 36.4. The van der Waals surface area contributed by atoms with Crippen LogP contribution in [0.25, 0.3) is 0 Å². The van der Waals surface area contributed by atoms with Crippen molar-refractivity contribution in [1.29, 1.82) is 0 Å². The summed E-state index contributed by atoms with van der Waals surface area (Å²) in [6, 6.07) is 3.68. The second kappa shape index (κ2) is 26.1. The zero-order valence-corrected chi connectivity index (χ0v) is 70.9. The fourth-order valence-corrected chi connectivity index (χ4v) is 29.6. The summed E-state index contributed by atoms with van der Waals surface area (Å²) in [7, 11) is 0. The van der Waals surface area contributed by atoms with Crippen molar-refractivity contribution >= 4 is 46.7 Å². The molecule has 9 saturated carbocycles. The second-order valence-corrected chi connectivity index (χ2v) is 43.8. The number of hydrogen-bond acceptors (Lipinski definition) is 13. The highest BCUT2D eigenvalue weighted by Crippen LogP contribution is 2.80. The minimum Gasteiger partial charge on any atom is -0.504 e. The lowest BCUT2D eigenvalue weighted by molar-refractivity contribution is -0.167. The predicted octanol–water partition coefficient (Wildman–Crippen LogP) is 21.9. The van der Waals surface area contributed by atoms with E-state index in [1.54, 1.807) is 38.6 Å². The number of nitrogens with two attached hydrogens (primary N) is 1. The number of allylic oxidation sites excluding steroid dienone is 9. The van der Waals surface area contributed by atoms with Crippen molar-refractivity contribution in [2.45, 2.75) is 302 Å². The maximum absolute atomic E-state index is 12.8. The number of hydrogen-bond donors (Lipinski definition) is 7. The first-order valence-electron chi connectivity index (χ1n) is 41.3. The number of aromatic hydroxyl groups is 4. The molecule has 2 unspecified atom stereocenters. The summed E-state index contributed by atoms with van der Waals surface area (Å²) in [5.41, 5.74) is 19.2. The van der Waals surface area contributed by atoms with Gasteiger partial charge in [0.2, 0.25) is 5.78 Å². The molecule has 0 spiro atoms. The molecule has 107 heavy (non-hydrogen) atoms. The summed E-state index contributed by atoms with van der Waals surface area (Å²) in [6.07, 6.45) is 33.8. The Morgan fingerprint density at radius 1 is 0.458 bits per heavy atom. The number of fused-ring (bicyclic) bond motifs is 21. The van der Waals surface area contributed by atoms with Crippen molar-refractivity contribution in [2.75, 3.05) is 24.7 Å². The van der Waals surface area contributed by atoms with E-state index >= 15 is 0 Å². The first kappa shape index (κ1) is 80.2. The third kappa shape index (κ3) is 11.3. The van der Waals surface area contributed by atoms with Crippen LogP contribution < -0.4 is 5.73 Å². The van der Waals surface area contributed by atoms with E-state index in [1.165, 1.54) is 41.5 Å². The minimum atomic E-state index is -0.263. The Hall–Kier alpha value is -4.82. The molecule has 0 radical (unpaired) electrons. The van der Waals surface area contributed by atoms with Crippen LogP contribution in [0.5, 0.6) is 23.0 Å². The summed E-state index contributed by atoms with van der Waals surface area (Å²) in [5, 5.41) is 62.9. The normalized spacial score (nSPS) is 43.9. The molecule has 9 fully saturated rings. The van der Waals surface area contributed by atoms with Crippen LogP contribution in [0, 0.1) is 102 Å². The number of phenols is 4. The number of benzene rings is 2. The molecule has 0 amide bonds. The van der Waals surface area contributed by atoms with Gasteiger partial charge in [-0.1, -0.05) is 145 Å². The van der Waals surface area contributed by atoms with E-state index in [4.69, 9.17) is 5.73 Å². The molecule has 20 atom stereocenters. The third-order valence-corrected chi connectivity index (χ3v) is 38.7. The lowest BCUT2D eigenvalue weighted by Gasteiger charge is -2.70. The van der Waals surface area contributed by atoms with Crippen molar-refractivity contribution in [3.63, 3.8) is 0 Å². The lowest BCUT2D eigenvalue weighted by atomic mass is 9.34. The fourth-order valence-electron chi connectivity index (χ4n) is 27.4. The number of Topliss-reactive ketones (excluding diaryl/α,β-unsaturated/α-hetero) is 3. The zero-order chi connectivity index (χ0) is 78.6. The van der Waals surface area contributed by atoms with Crippen molar-refractivity contribution in [3.05, 3.63) is 115 Å². The van der Waals surface area contributed by atoms with E-state index in [9.17, 15) is 49.8 Å². The molecule has 13 heteroatoms. The van der Waals surface area contributed by atoms with Gasteiger partial charge in [-0.2, -0.15) is 0 Å². The van der Waals surface area contributed by atoms with Gasteiger partial charge in [0.15, 0.2) is 28.8 Å². The molecule has 2 aromatic rings. The molecular weight excluding hydrogens is 1370 g/mol. The molecule has 586 valence electrons. The molecular formula is C94H133NO10S2. The summed E-state index contributed by atoms with van der Waals surface area (Å²) < 4.78 is 0. The first-order valence-corrected chi connectivity index (χ1v) is 43.4. The number of carbonyl (C=O) groups excluding carboxylic acids is 4. The van der Waals surface area contributed by atoms with Crippen LogP contribution in [-0.4, -0.2) is 78.4 Å². The maximum Gasteiger partial charge on any atom is 0.220 e. The average molecular weight is 1500 g/mol. The number of carbonyl (C=O) groups is 4. The van der Waals surface area contributed by atoms with Gasteiger partial charge in [-0.3, -0.25) is 19.2 Å². The van der Waals surface area contributed by atoms with Gasteiger partial charge < -0.3 is 36.4 Å². The van der Waals surface area contributed by atoms with Crippen LogP contribution in [0.4, 0.5) is 0 Å². The number of phenolic OH excluding ortho intramolecular Hbond substituents is 4. The van der Waals surface area contributed by atoms with E-state index in [2.05, 4.69) is 128 Å². The SMILES string of the molecule is CC(=O)[C@]1(C)CC[C@]2(C)CC[C@]3(C)C4=CC(SCCN)c5c(cc(O)c(O)c5C)[C@]4(C)CC[C@@]3(C)[C@@H]2C1.CC(=O)[C@]1(C)CC[C@]2(C)CC[C@]3(C)C4=CC(SCCO)c5c(cc(O)c(O)c5C)[C@]4(C)CC[C@@]3(C)[C@@H]2C1.CC(=O)[C@]1(C)CC[C@]2(C)CC[C@]3(C)C4=CC=C5C(=CC(=O)C(O)=C5C)[C@]4(C)CC[C@@]3(C)[C@@H]2C1. The smallest absolute Gasteiger partial charge is 0.220 e. The monoisotopic (exact) mass is 1500 g/mol. The second-order valence-electron chi connectivity index (χ2n) is 41.3. The van der Waals surface area contributed by atoms with Crippen LogP contribution >= 0.6 is 23.5 Å². The highest BCUT2D eigenvalue weighted by molar-refractivity contribution is 7.99. The van der Waals surface area contributed by atoms with Gasteiger partial charge in [0, 0.05) is 66.6 Å². The van der Waals surface area contributed by atoms with Crippen molar-refractivity contribution in [2.24, 2.45) is 93.9 Å². The Morgan fingerprint density at radius 3 is 1.16 bits per heavy atom. The van der Waals surface area contributed by atoms with Crippen molar-refractivity contribution < 1.29 is 49.8 Å². The molecule has 15 rings (SSSR count). The topological polar surface area (TPSA) is 216 Å². The van der Waals surface area contributed by atoms with Gasteiger partial charge in [0.05, 0.1) is 6.61 Å². The Bertz CT molecular complexity index is 4120. The minimum absolute atomic E-state index is 0.000158. The van der Waals surface area contributed by atoms with E-state index in [0.29, 0.717) is 58.4 Å². The largest absolute Gasteiger partial charge is 0.504 e. The number of thioether (sulfide) groups is 2. The molecule has 11 nitrogen and oxygen atoms in total. The van der Waals surface area contributed by atoms with Crippen LogP contribution in [0.1, 0.15) is 310 Å². The Morgan fingerprint density at radius 2 is 0.804 bits per heavy atom. The summed E-state index contributed by atoms with van der Waals surface area (Å²) in [6.45, 7) is 48.0. The van der Waals surface area contributed by atoms with Gasteiger partial charge in [-0.25, -0.2) is 0 Å². The maximum atomic E-state index is 12.8. The molecule has 2 aromatic carbocycles. The lowest BCUT2D eigenvalue weighted by Crippen LogP contribution is -2.62. The Balaban J connectivity index is 0.000000142. The van der Waals surface area contributed by atoms with Gasteiger partial charge in [0.1, 0.15) is 17.3 Å². The van der Waals surface area contributed by atoms with Crippen LogP contribution in [0.3, 0.4) is 0 Å². The molecule has 13 aliphatic carbocycles. The molecule has 13 aliphatic rings. The Labute approximate surface area is 650 Å². The molecule has 0 saturated heterocycles. The number of ketones is 4. The van der Waals surface area contributed by atoms with Crippen LogP contribution in [0.2, 0.25) is 0 Å². The average Bonchev–Trinajstić information content (AvgIpc) is 0.684. The zero-order valence-electron chi connectivity index (χ0n) is 69.3. The van der Waals surface area contributed by atoms with Crippen molar-refractivity contribution in [3.8, 4) is 23.0 Å². The molecule has 0 heterocycles. The number of aliphatic hydroxyl groups is 2. The summed E-state index contributed by atoms with van der Waals surface area (Å²) >= 11 is 3.57. The highest BCUT2D eigenvalue weighted by atomic mass is 32.2. The first-order chi connectivity index (χ1) is 49.6. The van der Waals surface area contributed by atoms with Crippen LogP contribution in [-0.2, 0) is 30.0 Å². The summed E-state index contributed by atoms with van der Waals surface area (Å²) in [4.78, 5) is 50.9. The highest BCUT2D eigenvalue weighted by Gasteiger charge is 2.71. The summed E-state index contributed by atoms with van der Waals surface area (Å²) in [5.74, 6) is 3.53. The standard InChI is InChI=1S/C32H47NO3S.C32H46O4S.C30H40O3/c2*1-19-26-21(16-22(35)27(19)36)30(5)11-13-32(7)25-18-29(4,20(2)34)9-8-28(25,3)10-12-31(32,6)24(30)17-23(26)37-15-14-33;1-18-20-8-9-23-28(5,21(20)16-22(32)25(18)33)13-15-30(7)24-17-27(4,19(2)31)11-10-26(24,3)12-14-29(23,30)6/h16-17,23,25,35-36H,8-15,18,33H2,1-7H3;16-17,23,25,33,35-36H,8-15,18H2,1-7H3;8-9,16,24,33H,10-15,17H2,1-7H3/t2*23?,25-,28-,29-,30+,31-,32+;24-,26-,27-,28+,29-,30+/m111/s1. The van der Waals surface area contributed by atoms with E-state index < -0.39 is 0 Å². The van der Waals surface area contributed by atoms with Crippen molar-refractivity contribution in [1.82, 2.24) is 0 Å². The molecule has 0 bridgehead atoms. The number of aliphatic hydroxyl groups excluding tert-OH is 2. The quantitative estimate of drug-likeness (QED) is 0.0920. The molecule has 0 aromatic heterocycles. The molecule has 0 aliphatic heterocycles. The Kier molecular flexibility index (Phi) is 19.6. The van der Waals surface area contributed by atoms with Gasteiger partial charge >= 0.3 is 0 Å². The number of rotatable bonds is 9. The predicted molar refractivity (Wildman–Crippen MR) is 436 cm³/mol. The molecule has 8 N–H and O–H groups in total. The van der Waals surface area contributed by atoms with Crippen LogP contribution in [0.15, 0.2) is 81.7 Å². The van der Waals surface area contributed by atoms with Gasteiger partial charge in [0.25, 0.3) is 0 Å². The van der Waals surface area contributed by atoms with E-state index in [0.717, 1.165) is 160 Å². The van der Waals surface area contributed by atoms with Gasteiger partial charge in [-0.05, 0) is 306 Å².